The summed E-state index contributed by atoms with van der Waals surface area (Å²) in [4.78, 5) is 0. The maximum Gasteiger partial charge on any atom is 0.187 e. The molecule has 1 aliphatic rings. The van der Waals surface area contributed by atoms with Gasteiger partial charge in [-0.3, -0.25) is 0 Å². The molecule has 0 amide bonds. The van der Waals surface area contributed by atoms with E-state index in [1.54, 1.807) is 13.0 Å². The van der Waals surface area contributed by atoms with Gasteiger partial charge < -0.3 is 9.94 Å². The summed E-state index contributed by atoms with van der Waals surface area (Å²) in [6.07, 6.45) is 4.63. The summed E-state index contributed by atoms with van der Waals surface area (Å²) in [6.45, 7) is 1.16. The SMILES string of the molecule is C[C@H](CF)Oc1cc[n+]([O-])cc1C1CC1. The average Bonchev–Trinajstić information content (AvgIpc) is 3.04. The summed E-state index contributed by atoms with van der Waals surface area (Å²) >= 11 is 0. The fraction of sp³-hybridized carbons (Fsp3) is 0.545. The van der Waals surface area contributed by atoms with Crippen molar-refractivity contribution >= 4 is 0 Å². The molecule has 0 aliphatic heterocycles. The van der Waals surface area contributed by atoms with Crippen molar-refractivity contribution in [3.05, 3.63) is 29.2 Å². The number of rotatable bonds is 4. The molecule has 0 N–H and O–H groups in total. The number of alkyl halides is 1. The van der Waals surface area contributed by atoms with E-state index < -0.39 is 12.8 Å². The highest BCUT2D eigenvalue weighted by Crippen LogP contribution is 2.43. The van der Waals surface area contributed by atoms with Crippen LogP contribution in [0, 0.1) is 5.21 Å². The van der Waals surface area contributed by atoms with Crippen molar-refractivity contribution in [3.8, 4) is 5.75 Å². The molecule has 1 saturated carbocycles. The Labute approximate surface area is 88.1 Å². The van der Waals surface area contributed by atoms with Gasteiger partial charge in [0.05, 0.1) is 5.56 Å². The van der Waals surface area contributed by atoms with E-state index in [0.717, 1.165) is 23.1 Å². The highest BCUT2D eigenvalue weighted by molar-refractivity contribution is 5.34. The minimum absolute atomic E-state index is 0.424. The smallest absolute Gasteiger partial charge is 0.187 e. The van der Waals surface area contributed by atoms with E-state index >= 15 is 0 Å². The van der Waals surface area contributed by atoms with Gasteiger partial charge >= 0.3 is 0 Å². The molecule has 2 rings (SSSR count). The summed E-state index contributed by atoms with van der Waals surface area (Å²) < 4.78 is 18.5. The zero-order chi connectivity index (χ0) is 10.8. The molecule has 3 nitrogen and oxygen atoms in total. The first kappa shape index (κ1) is 10.2. The van der Waals surface area contributed by atoms with Gasteiger partial charge in [0.2, 0.25) is 0 Å². The lowest BCUT2D eigenvalue weighted by Gasteiger charge is -2.13. The number of nitrogens with zero attached hydrogens (tertiary/aromatic N) is 1. The van der Waals surface area contributed by atoms with E-state index in [-0.39, 0.29) is 0 Å². The molecule has 1 aliphatic carbocycles. The zero-order valence-electron chi connectivity index (χ0n) is 8.65. The molecule has 1 fully saturated rings. The maximum absolute atomic E-state index is 12.3. The van der Waals surface area contributed by atoms with Crippen LogP contribution in [0.4, 0.5) is 4.39 Å². The first-order valence-electron chi connectivity index (χ1n) is 5.16. The molecule has 0 radical (unpaired) electrons. The topological polar surface area (TPSA) is 36.2 Å². The molecule has 82 valence electrons. The third kappa shape index (κ3) is 2.37. The van der Waals surface area contributed by atoms with Crippen LogP contribution in [0.2, 0.25) is 0 Å². The van der Waals surface area contributed by atoms with E-state index in [1.165, 1.54) is 12.4 Å². The Morgan fingerprint density at radius 3 is 3.00 bits per heavy atom. The molecule has 1 atom stereocenters. The van der Waals surface area contributed by atoms with Crippen molar-refractivity contribution < 1.29 is 13.9 Å². The first-order chi connectivity index (χ1) is 7.20. The second-order valence-electron chi connectivity index (χ2n) is 3.98. The Hall–Kier alpha value is -1.32. The molecular weight excluding hydrogens is 197 g/mol. The Balaban J connectivity index is 2.21. The Kier molecular flexibility index (Phi) is 2.75. The summed E-state index contributed by atoms with van der Waals surface area (Å²) in [5, 5.41) is 11.1. The molecular formula is C11H14FNO2. The van der Waals surface area contributed by atoms with Crippen molar-refractivity contribution in [3.63, 3.8) is 0 Å². The highest BCUT2D eigenvalue weighted by atomic mass is 19.1. The van der Waals surface area contributed by atoms with Crippen LogP contribution in [0.25, 0.3) is 0 Å². The Morgan fingerprint density at radius 1 is 1.67 bits per heavy atom. The third-order valence-corrected chi connectivity index (χ3v) is 2.49. The summed E-state index contributed by atoms with van der Waals surface area (Å²) in [6, 6.07) is 1.62. The number of pyridine rings is 1. The highest BCUT2D eigenvalue weighted by Gasteiger charge is 2.29. The third-order valence-electron chi connectivity index (χ3n) is 2.49. The molecule has 1 aromatic rings. The van der Waals surface area contributed by atoms with Gasteiger partial charge in [-0.05, 0) is 25.7 Å². The predicted molar refractivity (Wildman–Crippen MR) is 53.4 cm³/mol. The van der Waals surface area contributed by atoms with Gasteiger partial charge in [0.25, 0.3) is 0 Å². The number of halogens is 1. The van der Waals surface area contributed by atoms with Crippen LogP contribution >= 0.6 is 0 Å². The number of hydrogen-bond donors (Lipinski definition) is 0. The number of ether oxygens (including phenoxy) is 1. The second-order valence-corrected chi connectivity index (χ2v) is 3.98. The lowest BCUT2D eigenvalue weighted by atomic mass is 10.2. The van der Waals surface area contributed by atoms with E-state index in [1.807, 2.05) is 0 Å². The van der Waals surface area contributed by atoms with Crippen molar-refractivity contribution in [2.75, 3.05) is 6.67 Å². The van der Waals surface area contributed by atoms with E-state index in [2.05, 4.69) is 0 Å². The summed E-state index contributed by atoms with van der Waals surface area (Å²) in [5.74, 6) is 1.07. The second kappa shape index (κ2) is 4.04. The normalized spacial score (nSPS) is 17.5. The van der Waals surface area contributed by atoms with Crippen LogP contribution in [0.1, 0.15) is 31.2 Å². The average molecular weight is 211 g/mol. The van der Waals surface area contributed by atoms with Crippen LogP contribution in [-0.2, 0) is 0 Å². The number of aromatic nitrogens is 1. The van der Waals surface area contributed by atoms with Crippen LogP contribution in [-0.4, -0.2) is 12.8 Å². The molecule has 15 heavy (non-hydrogen) atoms. The van der Waals surface area contributed by atoms with Crippen LogP contribution < -0.4 is 9.47 Å². The van der Waals surface area contributed by atoms with Crippen molar-refractivity contribution in [1.82, 2.24) is 0 Å². The lowest BCUT2D eigenvalue weighted by Crippen LogP contribution is -2.26. The van der Waals surface area contributed by atoms with Crippen molar-refractivity contribution in [2.45, 2.75) is 31.8 Å². The largest absolute Gasteiger partial charge is 0.619 e. The molecule has 0 spiro atoms. The fourth-order valence-corrected chi connectivity index (χ4v) is 1.54. The standard InChI is InChI=1S/C11H14FNO2/c1-8(6-12)15-11-4-5-13(14)7-10(11)9-2-3-9/h4-5,7-9H,2-3,6H2,1H3/t8-/m1/s1. The summed E-state index contributed by atoms with van der Waals surface area (Å²) in [5.41, 5.74) is 0.910. The molecule has 0 saturated heterocycles. The molecule has 0 unspecified atom stereocenters. The first-order valence-corrected chi connectivity index (χ1v) is 5.16. The van der Waals surface area contributed by atoms with Gasteiger partial charge in [-0.15, -0.1) is 0 Å². The maximum atomic E-state index is 12.3. The molecule has 4 heteroatoms. The van der Waals surface area contributed by atoms with Crippen molar-refractivity contribution in [2.24, 2.45) is 0 Å². The van der Waals surface area contributed by atoms with E-state index in [4.69, 9.17) is 4.74 Å². The summed E-state index contributed by atoms with van der Waals surface area (Å²) in [7, 11) is 0. The van der Waals surface area contributed by atoms with E-state index in [9.17, 15) is 9.60 Å². The zero-order valence-corrected chi connectivity index (χ0v) is 8.65. The minimum atomic E-state index is -0.517. The van der Waals surface area contributed by atoms with Crippen LogP contribution in [0.15, 0.2) is 18.5 Å². The van der Waals surface area contributed by atoms with Crippen LogP contribution in [0.3, 0.4) is 0 Å². The number of hydrogen-bond acceptors (Lipinski definition) is 2. The van der Waals surface area contributed by atoms with Crippen molar-refractivity contribution in [1.29, 1.82) is 0 Å². The molecule has 0 bridgehead atoms. The monoisotopic (exact) mass is 211 g/mol. The minimum Gasteiger partial charge on any atom is -0.619 e. The van der Waals surface area contributed by atoms with E-state index in [0.29, 0.717) is 11.7 Å². The van der Waals surface area contributed by atoms with Crippen LogP contribution in [0.5, 0.6) is 5.75 Å². The molecule has 1 aromatic heterocycles. The Bertz CT molecular complexity index is 352. The van der Waals surface area contributed by atoms with Gasteiger partial charge in [0, 0.05) is 6.07 Å². The van der Waals surface area contributed by atoms with Gasteiger partial charge in [-0.2, -0.15) is 4.73 Å². The molecule has 1 heterocycles. The lowest BCUT2D eigenvalue weighted by molar-refractivity contribution is -0.605. The fourth-order valence-electron chi connectivity index (χ4n) is 1.54. The van der Waals surface area contributed by atoms with Gasteiger partial charge in [0.1, 0.15) is 18.5 Å². The Morgan fingerprint density at radius 2 is 2.40 bits per heavy atom. The quantitative estimate of drug-likeness (QED) is 0.563. The van der Waals surface area contributed by atoms with Gasteiger partial charge in [-0.25, -0.2) is 4.39 Å². The van der Waals surface area contributed by atoms with Gasteiger partial charge in [0.15, 0.2) is 12.4 Å². The molecule has 0 aromatic carbocycles. The predicted octanol–water partition coefficient (Wildman–Crippen LogP) is 1.93. The van der Waals surface area contributed by atoms with Gasteiger partial charge in [-0.1, -0.05) is 0 Å².